The van der Waals surface area contributed by atoms with E-state index in [0.717, 1.165) is 12.8 Å². The zero-order chi connectivity index (χ0) is 14.8. The predicted octanol–water partition coefficient (Wildman–Crippen LogP) is 3.04. The first kappa shape index (κ1) is 14.4. The molecule has 0 aromatic heterocycles. The molecule has 0 spiro atoms. The maximum absolute atomic E-state index is 12.3. The molecule has 0 unspecified atom stereocenters. The first-order chi connectivity index (χ1) is 9.39. The minimum Gasteiger partial charge on any atom is -0.478 e. The topological polar surface area (TPSA) is 69.6 Å². The lowest BCUT2D eigenvalue weighted by molar-refractivity contribution is 0.0698. The third-order valence-electron chi connectivity index (χ3n) is 3.59. The van der Waals surface area contributed by atoms with Crippen LogP contribution in [-0.2, 0) is 0 Å². The molecule has 2 rings (SSSR count). The molecule has 0 atom stereocenters. The normalized spacial score (nSPS) is 17.6. The molecule has 1 fully saturated rings. The number of piperidine rings is 1. The Morgan fingerprint density at radius 1 is 1.30 bits per heavy atom. The third-order valence-corrected chi connectivity index (χ3v) is 3.59. The van der Waals surface area contributed by atoms with Crippen molar-refractivity contribution in [2.75, 3.05) is 18.4 Å². The van der Waals surface area contributed by atoms with Crippen LogP contribution in [0.3, 0.4) is 0 Å². The zero-order valence-electron chi connectivity index (χ0n) is 11.8. The van der Waals surface area contributed by atoms with Crippen molar-refractivity contribution in [3.05, 3.63) is 29.8 Å². The Labute approximate surface area is 118 Å². The highest BCUT2D eigenvalue weighted by molar-refractivity contribution is 5.99. The highest BCUT2D eigenvalue weighted by Crippen LogP contribution is 2.28. The molecule has 1 aromatic rings. The van der Waals surface area contributed by atoms with Crippen molar-refractivity contribution >= 4 is 17.7 Å². The summed E-state index contributed by atoms with van der Waals surface area (Å²) in [5.41, 5.74) is 0.563. The number of amides is 2. The molecule has 1 aliphatic heterocycles. The van der Waals surface area contributed by atoms with Gasteiger partial charge in [-0.05, 0) is 30.4 Å². The number of nitrogens with zero attached hydrogens (tertiary/aromatic N) is 1. The second-order valence-electron chi connectivity index (χ2n) is 5.97. The van der Waals surface area contributed by atoms with Crippen molar-refractivity contribution in [3.8, 4) is 0 Å². The maximum atomic E-state index is 12.3. The van der Waals surface area contributed by atoms with E-state index in [1.807, 2.05) is 0 Å². The van der Waals surface area contributed by atoms with E-state index in [4.69, 9.17) is 5.11 Å². The number of benzene rings is 1. The van der Waals surface area contributed by atoms with E-state index in [1.165, 1.54) is 6.07 Å². The fourth-order valence-corrected chi connectivity index (χ4v) is 2.57. The molecule has 1 heterocycles. The Kier molecular flexibility index (Phi) is 3.97. The van der Waals surface area contributed by atoms with Gasteiger partial charge in [0, 0.05) is 13.1 Å². The molecular formula is C15H20N2O3. The summed E-state index contributed by atoms with van der Waals surface area (Å²) in [6, 6.07) is 6.21. The number of nitrogens with one attached hydrogen (secondary N) is 1. The van der Waals surface area contributed by atoms with Gasteiger partial charge in [-0.15, -0.1) is 0 Å². The minimum absolute atomic E-state index is 0.108. The van der Waals surface area contributed by atoms with Gasteiger partial charge in [-0.25, -0.2) is 9.59 Å². The second kappa shape index (κ2) is 5.53. The molecule has 0 bridgehead atoms. The first-order valence-electron chi connectivity index (χ1n) is 6.77. The van der Waals surface area contributed by atoms with Gasteiger partial charge in [0.2, 0.25) is 0 Å². The largest absolute Gasteiger partial charge is 0.478 e. The molecule has 1 aromatic carbocycles. The summed E-state index contributed by atoms with van der Waals surface area (Å²) in [5, 5.41) is 11.8. The van der Waals surface area contributed by atoms with Crippen LogP contribution < -0.4 is 5.32 Å². The van der Waals surface area contributed by atoms with Crippen molar-refractivity contribution in [1.82, 2.24) is 4.90 Å². The van der Waals surface area contributed by atoms with Crippen LogP contribution in [0.25, 0.3) is 0 Å². The maximum Gasteiger partial charge on any atom is 0.337 e. The summed E-state index contributed by atoms with van der Waals surface area (Å²) in [6.45, 7) is 5.67. The molecular weight excluding hydrogens is 256 g/mol. The van der Waals surface area contributed by atoms with Crippen LogP contribution in [0.2, 0.25) is 0 Å². The van der Waals surface area contributed by atoms with E-state index >= 15 is 0 Å². The van der Waals surface area contributed by atoms with Gasteiger partial charge in [0.1, 0.15) is 0 Å². The molecule has 5 heteroatoms. The molecule has 1 aliphatic rings. The van der Waals surface area contributed by atoms with E-state index in [2.05, 4.69) is 19.2 Å². The number of carbonyl (C=O) groups is 2. The summed E-state index contributed by atoms with van der Waals surface area (Å²) in [4.78, 5) is 25.1. The Morgan fingerprint density at radius 3 is 2.65 bits per heavy atom. The molecule has 0 saturated carbocycles. The third kappa shape index (κ3) is 3.29. The number of urea groups is 1. The number of hydrogen-bond acceptors (Lipinski definition) is 2. The van der Waals surface area contributed by atoms with E-state index in [1.54, 1.807) is 23.1 Å². The van der Waals surface area contributed by atoms with E-state index in [0.29, 0.717) is 18.8 Å². The lowest BCUT2D eigenvalue weighted by Crippen LogP contribution is -2.45. The van der Waals surface area contributed by atoms with Gasteiger partial charge < -0.3 is 15.3 Å². The quantitative estimate of drug-likeness (QED) is 0.872. The fraction of sp³-hybridized carbons (Fsp3) is 0.467. The number of aromatic carboxylic acids is 1. The van der Waals surface area contributed by atoms with Crippen LogP contribution in [0.15, 0.2) is 24.3 Å². The Morgan fingerprint density at radius 2 is 2.00 bits per heavy atom. The second-order valence-corrected chi connectivity index (χ2v) is 5.97. The predicted molar refractivity (Wildman–Crippen MR) is 77.0 cm³/mol. The summed E-state index contributed by atoms with van der Waals surface area (Å²) in [6.07, 6.45) is 2.07. The summed E-state index contributed by atoms with van der Waals surface area (Å²) in [7, 11) is 0. The SMILES string of the molecule is CC1(C)CCCN(C(=O)Nc2ccccc2C(=O)O)C1. The smallest absolute Gasteiger partial charge is 0.337 e. The van der Waals surface area contributed by atoms with Crippen LogP contribution in [0.5, 0.6) is 0 Å². The number of carbonyl (C=O) groups excluding carboxylic acids is 1. The lowest BCUT2D eigenvalue weighted by Gasteiger charge is -2.38. The molecule has 2 N–H and O–H groups in total. The molecule has 0 radical (unpaired) electrons. The van der Waals surface area contributed by atoms with Gasteiger partial charge in [-0.1, -0.05) is 26.0 Å². The molecule has 0 aliphatic carbocycles. The fourth-order valence-electron chi connectivity index (χ4n) is 2.57. The zero-order valence-corrected chi connectivity index (χ0v) is 11.8. The highest BCUT2D eigenvalue weighted by Gasteiger charge is 2.29. The standard InChI is InChI=1S/C15H20N2O3/c1-15(2)8-5-9-17(10-15)14(20)16-12-7-4-3-6-11(12)13(18)19/h3-4,6-7H,5,8-10H2,1-2H3,(H,16,20)(H,18,19). The number of anilines is 1. The Balaban J connectivity index is 2.10. The minimum atomic E-state index is -1.04. The van der Waals surface area contributed by atoms with Crippen LogP contribution in [0, 0.1) is 5.41 Å². The van der Waals surface area contributed by atoms with Crippen molar-refractivity contribution in [2.24, 2.45) is 5.41 Å². The average Bonchev–Trinajstić information content (AvgIpc) is 2.38. The van der Waals surface area contributed by atoms with Gasteiger partial charge in [-0.3, -0.25) is 0 Å². The number of para-hydroxylation sites is 1. The number of likely N-dealkylation sites (tertiary alicyclic amines) is 1. The van der Waals surface area contributed by atoms with Gasteiger partial charge in [0.05, 0.1) is 11.3 Å². The van der Waals surface area contributed by atoms with Crippen molar-refractivity contribution < 1.29 is 14.7 Å². The molecule has 20 heavy (non-hydrogen) atoms. The highest BCUT2D eigenvalue weighted by atomic mass is 16.4. The van der Waals surface area contributed by atoms with E-state index < -0.39 is 5.97 Å². The van der Waals surface area contributed by atoms with Crippen molar-refractivity contribution in [1.29, 1.82) is 0 Å². The van der Waals surface area contributed by atoms with Gasteiger partial charge in [0.15, 0.2) is 0 Å². The lowest BCUT2D eigenvalue weighted by atomic mass is 9.84. The summed E-state index contributed by atoms with van der Waals surface area (Å²) < 4.78 is 0. The molecule has 1 saturated heterocycles. The number of carboxylic acids is 1. The van der Waals surface area contributed by atoms with Gasteiger partial charge >= 0.3 is 12.0 Å². The Hall–Kier alpha value is -2.04. The van der Waals surface area contributed by atoms with Crippen molar-refractivity contribution in [3.63, 3.8) is 0 Å². The van der Waals surface area contributed by atoms with Crippen LogP contribution >= 0.6 is 0 Å². The van der Waals surface area contributed by atoms with E-state index in [-0.39, 0.29) is 17.0 Å². The first-order valence-corrected chi connectivity index (χ1v) is 6.77. The van der Waals surface area contributed by atoms with Crippen LogP contribution in [0.1, 0.15) is 37.0 Å². The molecule has 108 valence electrons. The number of rotatable bonds is 2. The Bertz CT molecular complexity index is 526. The number of carboxylic acid groups (broad SMARTS) is 1. The van der Waals surface area contributed by atoms with E-state index in [9.17, 15) is 9.59 Å². The van der Waals surface area contributed by atoms with Gasteiger partial charge in [-0.2, -0.15) is 0 Å². The molecule has 2 amide bonds. The van der Waals surface area contributed by atoms with Crippen LogP contribution in [-0.4, -0.2) is 35.1 Å². The average molecular weight is 276 g/mol. The number of hydrogen-bond donors (Lipinski definition) is 2. The molecule has 5 nitrogen and oxygen atoms in total. The summed E-state index contributed by atoms with van der Waals surface area (Å²) >= 11 is 0. The van der Waals surface area contributed by atoms with Crippen molar-refractivity contribution in [2.45, 2.75) is 26.7 Å². The summed E-state index contributed by atoms with van der Waals surface area (Å²) in [5.74, 6) is -1.04. The monoisotopic (exact) mass is 276 g/mol. The van der Waals surface area contributed by atoms with Crippen LogP contribution in [0.4, 0.5) is 10.5 Å². The van der Waals surface area contributed by atoms with Gasteiger partial charge in [0.25, 0.3) is 0 Å².